The lowest BCUT2D eigenvalue weighted by Gasteiger charge is -2.17. The molecule has 152 valence electrons. The number of phenolic OH excluding ortho intramolecular Hbond substituents is 1. The fourth-order valence-electron chi connectivity index (χ4n) is 2.53. The molecule has 0 aliphatic carbocycles. The van der Waals surface area contributed by atoms with Crippen LogP contribution >= 0.6 is 0 Å². The summed E-state index contributed by atoms with van der Waals surface area (Å²) < 4.78 is 0. The van der Waals surface area contributed by atoms with Gasteiger partial charge in [0.25, 0.3) is 0 Å². The summed E-state index contributed by atoms with van der Waals surface area (Å²) in [7, 11) is 0. The van der Waals surface area contributed by atoms with E-state index in [0.717, 1.165) is 18.1 Å². The first kappa shape index (κ1) is 23.1. The molecule has 0 aliphatic heterocycles. The van der Waals surface area contributed by atoms with Gasteiger partial charge in [-0.1, -0.05) is 25.5 Å². The van der Waals surface area contributed by atoms with Crippen LogP contribution in [-0.4, -0.2) is 49.7 Å². The zero-order valence-corrected chi connectivity index (χ0v) is 15.9. The van der Waals surface area contributed by atoms with E-state index in [1.807, 2.05) is 6.92 Å². The quantitative estimate of drug-likeness (QED) is 0.490. The van der Waals surface area contributed by atoms with Gasteiger partial charge >= 0.3 is 11.9 Å². The lowest BCUT2D eigenvalue weighted by atomic mass is 10.0. The molecule has 0 fully saturated rings. The van der Waals surface area contributed by atoms with Crippen LogP contribution in [0.1, 0.15) is 51.6 Å². The van der Waals surface area contributed by atoms with Gasteiger partial charge in [-0.05, 0) is 54.8 Å². The number of hydrogen-bond acceptors (Lipinski definition) is 5. The fraction of sp³-hybridized carbons (Fsp3) is 0.333. The molecule has 2 aromatic rings. The highest BCUT2D eigenvalue weighted by Gasteiger charge is 2.15. The number of carbonyl (C=O) groups is 2. The Kier molecular flexibility index (Phi) is 9.14. The predicted octanol–water partition coefficient (Wildman–Crippen LogP) is 2.85. The molecule has 7 nitrogen and oxygen atoms in total. The van der Waals surface area contributed by atoms with Crippen molar-refractivity contribution in [2.24, 2.45) is 0 Å². The minimum absolute atomic E-state index is 0.00241. The smallest absolute Gasteiger partial charge is 0.335 e. The van der Waals surface area contributed by atoms with Crippen molar-refractivity contribution in [3.05, 3.63) is 64.7 Å². The van der Waals surface area contributed by atoms with Crippen molar-refractivity contribution in [2.45, 2.75) is 45.3 Å². The summed E-state index contributed by atoms with van der Waals surface area (Å²) in [5, 5.41) is 45.5. The molecule has 0 saturated carbocycles. The van der Waals surface area contributed by atoms with E-state index in [1.54, 1.807) is 31.2 Å². The van der Waals surface area contributed by atoms with E-state index >= 15 is 0 Å². The Balaban J connectivity index is 0.000000283. The van der Waals surface area contributed by atoms with E-state index in [2.05, 4.69) is 0 Å². The molecule has 0 aromatic heterocycles. The molecule has 0 heterocycles. The highest BCUT2D eigenvalue weighted by atomic mass is 16.4. The lowest BCUT2D eigenvalue weighted by Crippen LogP contribution is -2.27. The predicted molar refractivity (Wildman–Crippen MR) is 104 cm³/mol. The van der Waals surface area contributed by atoms with Crippen LogP contribution in [0.2, 0.25) is 0 Å². The highest BCUT2D eigenvalue weighted by Crippen LogP contribution is 2.14. The average molecular weight is 390 g/mol. The summed E-state index contributed by atoms with van der Waals surface area (Å²) in [4.78, 5) is 21.1. The fourth-order valence-corrected chi connectivity index (χ4v) is 2.53. The number of aryl methyl sites for hydroxylation is 1. The summed E-state index contributed by atoms with van der Waals surface area (Å²) >= 11 is 0. The number of aromatic carboxylic acids is 2. The summed E-state index contributed by atoms with van der Waals surface area (Å²) in [5.74, 6) is -2.03. The maximum atomic E-state index is 10.5. The third-order valence-electron chi connectivity index (χ3n) is 3.98. The largest absolute Gasteiger partial charge is 0.508 e. The van der Waals surface area contributed by atoms with E-state index in [0.29, 0.717) is 18.4 Å². The lowest BCUT2D eigenvalue weighted by molar-refractivity contribution is 0.0148. The Labute approximate surface area is 163 Å². The number of benzene rings is 2. The molecule has 0 aliphatic rings. The van der Waals surface area contributed by atoms with E-state index < -0.39 is 24.1 Å². The monoisotopic (exact) mass is 390 g/mol. The van der Waals surface area contributed by atoms with Gasteiger partial charge in [-0.15, -0.1) is 0 Å². The van der Waals surface area contributed by atoms with E-state index in [4.69, 9.17) is 15.3 Å². The van der Waals surface area contributed by atoms with Gasteiger partial charge in [-0.3, -0.25) is 0 Å². The second-order valence-electron chi connectivity index (χ2n) is 6.49. The van der Waals surface area contributed by atoms with Crippen molar-refractivity contribution in [2.75, 3.05) is 0 Å². The van der Waals surface area contributed by atoms with Gasteiger partial charge in [0.2, 0.25) is 0 Å². The molecule has 0 radical (unpaired) electrons. The maximum Gasteiger partial charge on any atom is 0.335 e. The summed E-state index contributed by atoms with van der Waals surface area (Å²) in [6.07, 6.45) is 0.493. The van der Waals surface area contributed by atoms with Crippen molar-refractivity contribution in [1.29, 1.82) is 0 Å². The second kappa shape index (κ2) is 11.1. The number of carboxylic acid groups (broad SMARTS) is 2. The van der Waals surface area contributed by atoms with E-state index in [1.165, 1.54) is 12.1 Å². The summed E-state index contributed by atoms with van der Waals surface area (Å²) in [5.41, 5.74) is 1.53. The van der Waals surface area contributed by atoms with Crippen LogP contribution in [0.5, 0.6) is 5.75 Å². The van der Waals surface area contributed by atoms with Crippen molar-refractivity contribution >= 4 is 11.9 Å². The summed E-state index contributed by atoms with van der Waals surface area (Å²) in [6.45, 7) is 3.62. The molecule has 7 heteroatoms. The van der Waals surface area contributed by atoms with Crippen molar-refractivity contribution in [3.63, 3.8) is 0 Å². The molecule has 0 saturated heterocycles. The van der Waals surface area contributed by atoms with Crippen LogP contribution in [-0.2, 0) is 6.42 Å². The zero-order valence-electron chi connectivity index (χ0n) is 15.9. The maximum absolute atomic E-state index is 10.5. The number of carboxylic acids is 2. The Morgan fingerprint density at radius 1 is 0.893 bits per heavy atom. The third kappa shape index (κ3) is 7.77. The first-order chi connectivity index (χ1) is 13.1. The topological polar surface area (TPSA) is 135 Å². The molecule has 5 N–H and O–H groups in total. The Morgan fingerprint density at radius 3 is 1.82 bits per heavy atom. The van der Waals surface area contributed by atoms with Gasteiger partial charge in [0.15, 0.2) is 0 Å². The number of phenols is 1. The molecule has 2 aromatic carbocycles. The Hall–Kier alpha value is -2.90. The number of aliphatic hydroxyl groups excluding tert-OH is 2. The van der Waals surface area contributed by atoms with Crippen LogP contribution in [0.4, 0.5) is 0 Å². The van der Waals surface area contributed by atoms with Crippen LogP contribution in [0.15, 0.2) is 42.5 Å². The normalized spacial score (nSPS) is 12.4. The first-order valence-corrected chi connectivity index (χ1v) is 8.86. The van der Waals surface area contributed by atoms with Crippen LogP contribution < -0.4 is 0 Å². The second-order valence-corrected chi connectivity index (χ2v) is 6.49. The van der Waals surface area contributed by atoms with Gasteiger partial charge in [0, 0.05) is 6.42 Å². The molecular weight excluding hydrogens is 364 g/mol. The standard InChI is InChI=1S/C12H18O3.C9H8O4/c1-2-3-11(14)12(15)8-9-4-6-10(13)7-5-9;1-5-2-6(8(10)11)4-7(3-5)9(12)13/h4-7,11-15H,2-3,8H2,1H3;2-4H,1H3,(H,10,11)(H,12,13). The van der Waals surface area contributed by atoms with Crippen LogP contribution in [0.3, 0.4) is 0 Å². The minimum Gasteiger partial charge on any atom is -0.508 e. The molecule has 2 unspecified atom stereocenters. The molecule has 0 bridgehead atoms. The molecular formula is C21H26O7. The number of aliphatic hydroxyl groups is 2. The first-order valence-electron chi connectivity index (χ1n) is 8.86. The van der Waals surface area contributed by atoms with Gasteiger partial charge in [0.1, 0.15) is 5.75 Å². The highest BCUT2D eigenvalue weighted by molar-refractivity contribution is 5.94. The van der Waals surface area contributed by atoms with Crippen LogP contribution in [0, 0.1) is 6.92 Å². The van der Waals surface area contributed by atoms with Gasteiger partial charge < -0.3 is 25.5 Å². The number of rotatable bonds is 7. The summed E-state index contributed by atoms with van der Waals surface area (Å²) in [6, 6.07) is 10.6. The number of aromatic hydroxyl groups is 1. The van der Waals surface area contributed by atoms with Crippen molar-refractivity contribution in [1.82, 2.24) is 0 Å². The SMILES string of the molecule is CCCC(O)C(O)Cc1ccc(O)cc1.Cc1cc(C(=O)O)cc(C(=O)O)c1. The molecule has 0 amide bonds. The van der Waals surface area contributed by atoms with E-state index in [-0.39, 0.29) is 16.9 Å². The molecule has 0 spiro atoms. The van der Waals surface area contributed by atoms with Crippen molar-refractivity contribution < 1.29 is 35.1 Å². The zero-order chi connectivity index (χ0) is 21.3. The molecule has 2 atom stereocenters. The Morgan fingerprint density at radius 2 is 1.39 bits per heavy atom. The Bertz CT molecular complexity index is 752. The van der Waals surface area contributed by atoms with Gasteiger partial charge in [-0.2, -0.15) is 0 Å². The number of hydrogen-bond donors (Lipinski definition) is 5. The molecule has 2 rings (SSSR count). The van der Waals surface area contributed by atoms with Gasteiger partial charge in [0.05, 0.1) is 23.3 Å². The van der Waals surface area contributed by atoms with Crippen LogP contribution in [0.25, 0.3) is 0 Å². The van der Waals surface area contributed by atoms with Crippen molar-refractivity contribution in [3.8, 4) is 5.75 Å². The van der Waals surface area contributed by atoms with Gasteiger partial charge in [-0.25, -0.2) is 9.59 Å². The minimum atomic E-state index is -1.12. The average Bonchev–Trinajstić information content (AvgIpc) is 2.63. The van der Waals surface area contributed by atoms with E-state index in [9.17, 15) is 19.8 Å². The molecule has 28 heavy (non-hydrogen) atoms. The third-order valence-corrected chi connectivity index (χ3v) is 3.98.